The van der Waals surface area contributed by atoms with Crippen molar-refractivity contribution >= 4 is 0 Å². The number of rotatable bonds is 3. The van der Waals surface area contributed by atoms with Gasteiger partial charge in [-0.3, -0.25) is 0 Å². The smallest absolute Gasteiger partial charge is 0.182 e. The van der Waals surface area contributed by atoms with Gasteiger partial charge in [0, 0.05) is 10.5 Å². The number of aromatic nitrogens is 4. The van der Waals surface area contributed by atoms with Crippen LogP contribution in [0.2, 0.25) is 0 Å². The van der Waals surface area contributed by atoms with Gasteiger partial charge in [-0.05, 0) is 22.9 Å². The molecule has 0 saturated carbocycles. The standard InChI is InChI=1S/C9H9N7/c1-7(11-13-10)16-9(12-14-15-16)8-5-3-2-4-6-8/h2-7H,1H3/t7-/m0/s1. The molecule has 0 bridgehead atoms. The molecule has 2 aromatic rings. The van der Waals surface area contributed by atoms with Crippen molar-refractivity contribution in [2.75, 3.05) is 0 Å². The molecule has 0 amide bonds. The van der Waals surface area contributed by atoms with Gasteiger partial charge in [-0.25, -0.2) is 4.68 Å². The van der Waals surface area contributed by atoms with Crippen LogP contribution >= 0.6 is 0 Å². The molecule has 1 aromatic carbocycles. The fraction of sp³-hybridized carbons (Fsp3) is 0.222. The zero-order chi connectivity index (χ0) is 11.4. The average molecular weight is 215 g/mol. The van der Waals surface area contributed by atoms with Crippen molar-refractivity contribution in [3.63, 3.8) is 0 Å². The largest absolute Gasteiger partial charge is 0.217 e. The van der Waals surface area contributed by atoms with E-state index in [-0.39, 0.29) is 0 Å². The highest BCUT2D eigenvalue weighted by Gasteiger charge is 2.12. The SMILES string of the molecule is C[C@@H](N=[N+]=[N-])n1nnnc1-c1ccccc1. The van der Waals surface area contributed by atoms with Crippen molar-refractivity contribution in [3.8, 4) is 11.4 Å². The molecule has 16 heavy (non-hydrogen) atoms. The number of tetrazole rings is 1. The predicted octanol–water partition coefficient (Wildman–Crippen LogP) is 2.17. The topological polar surface area (TPSA) is 92.4 Å². The van der Waals surface area contributed by atoms with Gasteiger partial charge in [-0.1, -0.05) is 35.4 Å². The third-order valence-electron chi connectivity index (χ3n) is 2.10. The minimum atomic E-state index is -0.449. The monoisotopic (exact) mass is 215 g/mol. The van der Waals surface area contributed by atoms with Crippen LogP contribution in [0.5, 0.6) is 0 Å². The van der Waals surface area contributed by atoms with E-state index in [1.807, 2.05) is 30.3 Å². The zero-order valence-electron chi connectivity index (χ0n) is 8.59. The lowest BCUT2D eigenvalue weighted by Gasteiger charge is -2.06. The third-order valence-corrected chi connectivity index (χ3v) is 2.10. The quantitative estimate of drug-likeness (QED) is 0.446. The van der Waals surface area contributed by atoms with E-state index in [4.69, 9.17) is 5.53 Å². The molecule has 0 aliphatic rings. The van der Waals surface area contributed by atoms with Crippen LogP contribution in [0.4, 0.5) is 0 Å². The van der Waals surface area contributed by atoms with Gasteiger partial charge in [0.1, 0.15) is 6.17 Å². The summed E-state index contributed by atoms with van der Waals surface area (Å²) in [5.74, 6) is 0.584. The highest BCUT2D eigenvalue weighted by atomic mass is 15.6. The lowest BCUT2D eigenvalue weighted by molar-refractivity contribution is 0.496. The summed E-state index contributed by atoms with van der Waals surface area (Å²) >= 11 is 0. The second kappa shape index (κ2) is 4.41. The molecule has 7 nitrogen and oxygen atoms in total. The summed E-state index contributed by atoms with van der Waals surface area (Å²) in [6.45, 7) is 1.72. The minimum absolute atomic E-state index is 0.449. The Labute approximate surface area is 91.3 Å². The van der Waals surface area contributed by atoms with Crippen LogP contribution in [-0.4, -0.2) is 20.2 Å². The van der Waals surface area contributed by atoms with Crippen molar-refractivity contribution in [3.05, 3.63) is 40.8 Å². The lowest BCUT2D eigenvalue weighted by Crippen LogP contribution is -2.06. The molecule has 0 saturated heterocycles. The van der Waals surface area contributed by atoms with E-state index < -0.39 is 6.17 Å². The fourth-order valence-electron chi connectivity index (χ4n) is 1.35. The maximum atomic E-state index is 8.37. The van der Waals surface area contributed by atoms with Crippen molar-refractivity contribution in [1.82, 2.24) is 20.2 Å². The van der Waals surface area contributed by atoms with Crippen molar-refractivity contribution in [2.45, 2.75) is 13.1 Å². The number of hydrogen-bond donors (Lipinski definition) is 0. The summed E-state index contributed by atoms with van der Waals surface area (Å²) in [6.07, 6.45) is -0.449. The van der Waals surface area contributed by atoms with Gasteiger partial charge in [0.25, 0.3) is 0 Å². The van der Waals surface area contributed by atoms with E-state index in [1.54, 1.807) is 6.92 Å². The van der Waals surface area contributed by atoms with E-state index in [1.165, 1.54) is 4.68 Å². The normalized spacial score (nSPS) is 11.8. The van der Waals surface area contributed by atoms with Crippen molar-refractivity contribution < 1.29 is 0 Å². The molecule has 0 unspecified atom stereocenters. The maximum Gasteiger partial charge on any atom is 0.182 e. The third kappa shape index (κ3) is 1.84. The molecule has 1 atom stereocenters. The van der Waals surface area contributed by atoms with Crippen molar-refractivity contribution in [2.24, 2.45) is 5.11 Å². The lowest BCUT2D eigenvalue weighted by atomic mass is 10.2. The van der Waals surface area contributed by atoms with E-state index in [2.05, 4.69) is 25.6 Å². The minimum Gasteiger partial charge on any atom is -0.217 e. The van der Waals surface area contributed by atoms with Crippen LogP contribution in [0.15, 0.2) is 35.4 Å². The molecule has 0 aliphatic heterocycles. The first kappa shape index (κ1) is 10.1. The maximum absolute atomic E-state index is 8.37. The molecular formula is C9H9N7. The Morgan fingerprint density at radius 2 is 2.12 bits per heavy atom. The van der Waals surface area contributed by atoms with Gasteiger partial charge >= 0.3 is 0 Å². The highest BCUT2D eigenvalue weighted by Crippen LogP contribution is 2.18. The molecule has 0 N–H and O–H groups in total. The predicted molar refractivity (Wildman–Crippen MR) is 57.1 cm³/mol. The fourth-order valence-corrected chi connectivity index (χ4v) is 1.35. The first-order valence-electron chi connectivity index (χ1n) is 4.70. The molecule has 80 valence electrons. The van der Waals surface area contributed by atoms with E-state index in [9.17, 15) is 0 Å². The Morgan fingerprint density at radius 3 is 2.81 bits per heavy atom. The number of benzene rings is 1. The van der Waals surface area contributed by atoms with E-state index in [0.29, 0.717) is 5.82 Å². The van der Waals surface area contributed by atoms with Crippen LogP contribution in [-0.2, 0) is 0 Å². The summed E-state index contributed by atoms with van der Waals surface area (Å²) in [7, 11) is 0. The second-order valence-corrected chi connectivity index (χ2v) is 3.15. The van der Waals surface area contributed by atoms with Gasteiger partial charge in [0.05, 0.1) is 0 Å². The molecule has 1 heterocycles. The average Bonchev–Trinajstić information content (AvgIpc) is 2.79. The number of nitrogens with zero attached hydrogens (tertiary/aromatic N) is 7. The molecule has 1 aromatic heterocycles. The van der Waals surface area contributed by atoms with E-state index in [0.717, 1.165) is 5.56 Å². The molecular weight excluding hydrogens is 206 g/mol. The summed E-state index contributed by atoms with van der Waals surface area (Å²) in [5.41, 5.74) is 9.26. The first-order valence-corrected chi connectivity index (χ1v) is 4.70. The molecule has 0 radical (unpaired) electrons. The van der Waals surface area contributed by atoms with Crippen LogP contribution in [0, 0.1) is 0 Å². The van der Waals surface area contributed by atoms with Crippen LogP contribution in [0.3, 0.4) is 0 Å². The van der Waals surface area contributed by atoms with E-state index >= 15 is 0 Å². The number of azide groups is 1. The number of hydrogen-bond acceptors (Lipinski definition) is 4. The van der Waals surface area contributed by atoms with Gasteiger partial charge in [0.2, 0.25) is 0 Å². The first-order chi connectivity index (χ1) is 7.83. The summed E-state index contributed by atoms with van der Waals surface area (Å²) in [6, 6.07) is 9.49. The van der Waals surface area contributed by atoms with Gasteiger partial charge < -0.3 is 0 Å². The van der Waals surface area contributed by atoms with Gasteiger partial charge in [-0.15, -0.1) is 5.10 Å². The Hall–Kier alpha value is -2.40. The van der Waals surface area contributed by atoms with Crippen LogP contribution in [0.25, 0.3) is 21.8 Å². The Balaban J connectivity index is 2.44. The zero-order valence-corrected chi connectivity index (χ0v) is 8.59. The van der Waals surface area contributed by atoms with Gasteiger partial charge in [-0.2, -0.15) is 0 Å². The Bertz CT molecular complexity index is 512. The summed E-state index contributed by atoms with van der Waals surface area (Å²) in [4.78, 5) is 2.73. The summed E-state index contributed by atoms with van der Waals surface area (Å²) in [5, 5.41) is 14.8. The second-order valence-electron chi connectivity index (χ2n) is 3.15. The molecule has 0 aliphatic carbocycles. The Morgan fingerprint density at radius 1 is 1.38 bits per heavy atom. The highest BCUT2D eigenvalue weighted by molar-refractivity contribution is 5.53. The molecule has 0 spiro atoms. The Kier molecular flexibility index (Phi) is 2.79. The van der Waals surface area contributed by atoms with Gasteiger partial charge in [0.15, 0.2) is 5.82 Å². The molecule has 2 rings (SSSR count). The van der Waals surface area contributed by atoms with Crippen molar-refractivity contribution in [1.29, 1.82) is 0 Å². The summed E-state index contributed by atoms with van der Waals surface area (Å²) < 4.78 is 1.48. The van der Waals surface area contributed by atoms with Crippen LogP contribution in [0.1, 0.15) is 13.1 Å². The molecule has 0 fully saturated rings. The molecule has 7 heteroatoms. The van der Waals surface area contributed by atoms with Crippen LogP contribution < -0.4 is 0 Å².